The number of hydrogen-bond acceptors (Lipinski definition) is 7. The third kappa shape index (κ3) is 4.55. The van der Waals surface area contributed by atoms with Gasteiger partial charge in [0.25, 0.3) is 5.91 Å². The summed E-state index contributed by atoms with van der Waals surface area (Å²) in [6.07, 6.45) is 2.77. The molecule has 1 fully saturated rings. The smallest absolute Gasteiger partial charge is 0.263 e. The van der Waals surface area contributed by atoms with E-state index >= 15 is 0 Å². The zero-order valence-corrected chi connectivity index (χ0v) is 18.4. The summed E-state index contributed by atoms with van der Waals surface area (Å²) in [7, 11) is 3.30. The van der Waals surface area contributed by atoms with E-state index in [1.54, 1.807) is 14.2 Å². The number of thiocarbonyl (C=S) groups is 1. The minimum atomic E-state index is -0.156. The summed E-state index contributed by atoms with van der Waals surface area (Å²) in [6, 6.07) is 11.9. The molecule has 0 aliphatic carbocycles. The van der Waals surface area contributed by atoms with Gasteiger partial charge in [0.1, 0.15) is 21.6 Å². The first-order valence-electron chi connectivity index (χ1n) is 9.54. The van der Waals surface area contributed by atoms with Crippen LogP contribution in [0.5, 0.6) is 17.2 Å². The van der Waals surface area contributed by atoms with E-state index in [4.69, 9.17) is 26.4 Å². The first-order valence-corrected chi connectivity index (χ1v) is 10.8. The molecule has 1 saturated heterocycles. The fourth-order valence-electron chi connectivity index (χ4n) is 3.47. The molecule has 8 heteroatoms. The van der Waals surface area contributed by atoms with Crippen LogP contribution in [0.1, 0.15) is 17.5 Å². The fraction of sp³-hybridized carbons (Fsp3) is 0.273. The standard InChI is InChI=1S/C22H22N2O4S2/c1-26-16-8-15(9-17(12-16)27-2)13-24-6-3-7-28-19-5-4-14(10-18(19)24)11-20-21(25)23-22(29)30-20/h4-5,8-12H,3,6-7,13H2,1-2H3,(H,23,25,29). The second-order valence-corrected chi connectivity index (χ2v) is 8.64. The van der Waals surface area contributed by atoms with Gasteiger partial charge in [-0.2, -0.15) is 0 Å². The average molecular weight is 443 g/mol. The maximum atomic E-state index is 12.0. The minimum absolute atomic E-state index is 0.156. The van der Waals surface area contributed by atoms with Gasteiger partial charge in [-0.3, -0.25) is 4.79 Å². The number of anilines is 1. The van der Waals surface area contributed by atoms with Crippen molar-refractivity contribution in [1.82, 2.24) is 5.32 Å². The molecule has 2 aromatic rings. The van der Waals surface area contributed by atoms with Gasteiger partial charge in [-0.15, -0.1) is 0 Å². The van der Waals surface area contributed by atoms with Crippen LogP contribution in [0.25, 0.3) is 6.08 Å². The quantitative estimate of drug-likeness (QED) is 0.555. The summed E-state index contributed by atoms with van der Waals surface area (Å²) in [5, 5.41) is 2.65. The lowest BCUT2D eigenvalue weighted by atomic mass is 10.1. The number of methoxy groups -OCH3 is 2. The summed E-state index contributed by atoms with van der Waals surface area (Å²) in [5.74, 6) is 2.20. The number of amides is 1. The molecule has 30 heavy (non-hydrogen) atoms. The summed E-state index contributed by atoms with van der Waals surface area (Å²) < 4.78 is 17.3. The van der Waals surface area contributed by atoms with Crippen LogP contribution < -0.4 is 24.4 Å². The Balaban J connectivity index is 1.66. The number of ether oxygens (including phenoxy) is 3. The fourth-order valence-corrected chi connectivity index (χ4v) is 4.51. The molecule has 0 radical (unpaired) electrons. The van der Waals surface area contributed by atoms with Crippen LogP contribution in [0.2, 0.25) is 0 Å². The van der Waals surface area contributed by atoms with Crippen LogP contribution in [0, 0.1) is 0 Å². The van der Waals surface area contributed by atoms with E-state index in [0.29, 0.717) is 22.4 Å². The molecule has 1 amide bonds. The maximum Gasteiger partial charge on any atom is 0.263 e. The number of carbonyl (C=O) groups excluding carboxylic acids is 1. The SMILES string of the molecule is COc1cc(CN2CCCOc3ccc(C=C4SC(=S)NC4=O)cc32)cc(OC)c1. The minimum Gasteiger partial charge on any atom is -0.497 e. The second kappa shape index (κ2) is 8.97. The van der Waals surface area contributed by atoms with Crippen molar-refractivity contribution in [2.75, 3.05) is 32.3 Å². The van der Waals surface area contributed by atoms with Gasteiger partial charge in [0, 0.05) is 19.2 Å². The van der Waals surface area contributed by atoms with E-state index < -0.39 is 0 Å². The van der Waals surface area contributed by atoms with Gasteiger partial charge in [0.05, 0.1) is 31.4 Å². The van der Waals surface area contributed by atoms with Crippen molar-refractivity contribution in [2.45, 2.75) is 13.0 Å². The van der Waals surface area contributed by atoms with Gasteiger partial charge in [-0.1, -0.05) is 30.0 Å². The molecule has 1 N–H and O–H groups in total. The van der Waals surface area contributed by atoms with Crippen molar-refractivity contribution in [3.8, 4) is 17.2 Å². The molecule has 0 bridgehead atoms. The molecule has 2 heterocycles. The highest BCUT2D eigenvalue weighted by Crippen LogP contribution is 2.35. The summed E-state index contributed by atoms with van der Waals surface area (Å²) >= 11 is 6.36. The number of benzene rings is 2. The normalized spacial score (nSPS) is 17.3. The Morgan fingerprint density at radius 2 is 1.97 bits per heavy atom. The van der Waals surface area contributed by atoms with Gasteiger partial charge in [-0.05, 0) is 47.9 Å². The van der Waals surface area contributed by atoms with E-state index in [-0.39, 0.29) is 5.91 Å². The lowest BCUT2D eigenvalue weighted by molar-refractivity contribution is -0.115. The van der Waals surface area contributed by atoms with Gasteiger partial charge in [0.15, 0.2) is 0 Å². The molecule has 0 unspecified atom stereocenters. The van der Waals surface area contributed by atoms with Gasteiger partial charge >= 0.3 is 0 Å². The van der Waals surface area contributed by atoms with E-state index in [1.165, 1.54) is 11.8 Å². The Hall–Kier alpha value is -2.71. The third-order valence-electron chi connectivity index (χ3n) is 4.88. The number of hydrogen-bond donors (Lipinski definition) is 1. The van der Waals surface area contributed by atoms with Crippen LogP contribution in [-0.4, -0.2) is 37.6 Å². The van der Waals surface area contributed by atoms with Crippen LogP contribution in [0.4, 0.5) is 5.69 Å². The lowest BCUT2D eigenvalue weighted by Gasteiger charge is -2.25. The van der Waals surface area contributed by atoms with Gasteiger partial charge < -0.3 is 24.4 Å². The highest BCUT2D eigenvalue weighted by molar-refractivity contribution is 8.26. The second-order valence-electron chi connectivity index (χ2n) is 6.92. The highest BCUT2D eigenvalue weighted by Gasteiger charge is 2.23. The molecule has 4 rings (SSSR count). The Morgan fingerprint density at radius 1 is 1.20 bits per heavy atom. The predicted octanol–water partition coefficient (Wildman–Crippen LogP) is 3.98. The van der Waals surface area contributed by atoms with Crippen molar-refractivity contribution >= 4 is 46.0 Å². The molecule has 2 aromatic carbocycles. The molecule has 156 valence electrons. The molecule has 6 nitrogen and oxygen atoms in total. The van der Waals surface area contributed by atoms with Crippen molar-refractivity contribution in [1.29, 1.82) is 0 Å². The monoisotopic (exact) mass is 442 g/mol. The number of carbonyl (C=O) groups is 1. The summed E-state index contributed by atoms with van der Waals surface area (Å²) in [6.45, 7) is 2.20. The number of thioether (sulfide) groups is 1. The van der Waals surface area contributed by atoms with Crippen LogP contribution in [0.15, 0.2) is 41.3 Å². The first kappa shape index (κ1) is 20.6. The summed E-state index contributed by atoms with van der Waals surface area (Å²) in [4.78, 5) is 14.9. The summed E-state index contributed by atoms with van der Waals surface area (Å²) in [5.41, 5.74) is 3.00. The average Bonchev–Trinajstić information content (AvgIpc) is 2.94. The molecule has 2 aliphatic heterocycles. The van der Waals surface area contributed by atoms with Crippen LogP contribution in [-0.2, 0) is 11.3 Å². The molecule has 2 aliphatic rings. The number of nitrogens with one attached hydrogen (secondary N) is 1. The Labute approximate surface area is 185 Å². The predicted molar refractivity (Wildman–Crippen MR) is 123 cm³/mol. The highest BCUT2D eigenvalue weighted by atomic mass is 32.2. The van der Waals surface area contributed by atoms with E-state index in [1.807, 2.05) is 36.4 Å². The van der Waals surface area contributed by atoms with Crippen LogP contribution in [0.3, 0.4) is 0 Å². The van der Waals surface area contributed by atoms with Gasteiger partial charge in [-0.25, -0.2) is 0 Å². The molecule has 0 spiro atoms. The molecular weight excluding hydrogens is 420 g/mol. The van der Waals surface area contributed by atoms with Crippen molar-refractivity contribution in [3.63, 3.8) is 0 Å². The van der Waals surface area contributed by atoms with E-state index in [0.717, 1.165) is 47.0 Å². The molecule has 0 saturated carbocycles. The Bertz CT molecular complexity index is 1000. The Morgan fingerprint density at radius 3 is 2.63 bits per heavy atom. The topological polar surface area (TPSA) is 60.0 Å². The van der Waals surface area contributed by atoms with Crippen LogP contribution >= 0.6 is 24.0 Å². The largest absolute Gasteiger partial charge is 0.497 e. The maximum absolute atomic E-state index is 12.0. The number of rotatable bonds is 5. The van der Waals surface area contributed by atoms with Crippen molar-refractivity contribution in [3.05, 3.63) is 52.4 Å². The molecule has 0 atom stereocenters. The zero-order chi connectivity index (χ0) is 21.1. The number of nitrogens with zero attached hydrogens (tertiary/aromatic N) is 1. The first-order chi connectivity index (χ1) is 14.6. The van der Waals surface area contributed by atoms with E-state index in [9.17, 15) is 4.79 Å². The van der Waals surface area contributed by atoms with Crippen molar-refractivity contribution < 1.29 is 19.0 Å². The molecule has 0 aromatic heterocycles. The molecular formula is C22H22N2O4S2. The Kier molecular flexibility index (Phi) is 6.15. The van der Waals surface area contributed by atoms with E-state index in [2.05, 4.69) is 16.3 Å². The zero-order valence-electron chi connectivity index (χ0n) is 16.8. The number of fused-ring (bicyclic) bond motifs is 1. The van der Waals surface area contributed by atoms with Gasteiger partial charge in [0.2, 0.25) is 0 Å². The third-order valence-corrected chi connectivity index (χ3v) is 6.04. The van der Waals surface area contributed by atoms with Crippen molar-refractivity contribution in [2.24, 2.45) is 0 Å². The lowest BCUT2D eigenvalue weighted by Crippen LogP contribution is -2.23.